The van der Waals surface area contributed by atoms with E-state index in [0.717, 1.165) is 25.2 Å². The van der Waals surface area contributed by atoms with Crippen LogP contribution in [0.25, 0.3) is 0 Å². The van der Waals surface area contributed by atoms with Gasteiger partial charge in [0.25, 0.3) is 5.91 Å². The Morgan fingerprint density at radius 1 is 1.47 bits per heavy atom. The molecule has 1 aliphatic rings. The van der Waals surface area contributed by atoms with Crippen molar-refractivity contribution in [3.63, 3.8) is 0 Å². The summed E-state index contributed by atoms with van der Waals surface area (Å²) in [4.78, 5) is 18.1. The molecule has 0 saturated carbocycles. The summed E-state index contributed by atoms with van der Waals surface area (Å²) in [5.41, 5.74) is 0.726. The molecule has 1 unspecified atom stereocenters. The van der Waals surface area contributed by atoms with Crippen LogP contribution in [0.5, 0.6) is 0 Å². The molecule has 1 N–H and O–H groups in total. The number of pyridine rings is 1. The van der Waals surface area contributed by atoms with Crippen LogP contribution >= 0.6 is 0 Å². The summed E-state index contributed by atoms with van der Waals surface area (Å²) < 4.78 is 0. The van der Waals surface area contributed by atoms with Crippen molar-refractivity contribution >= 4 is 5.91 Å². The number of amides is 1. The van der Waals surface area contributed by atoms with Crippen LogP contribution in [-0.2, 0) is 0 Å². The van der Waals surface area contributed by atoms with Gasteiger partial charge in [-0.2, -0.15) is 0 Å². The molecule has 1 aromatic rings. The molecule has 0 aromatic carbocycles. The molecule has 4 heteroatoms. The Morgan fingerprint density at radius 3 is 2.82 bits per heavy atom. The topological polar surface area (TPSA) is 45.2 Å². The van der Waals surface area contributed by atoms with Crippen LogP contribution in [0, 0.1) is 5.92 Å². The van der Waals surface area contributed by atoms with Gasteiger partial charge in [0.05, 0.1) is 0 Å². The van der Waals surface area contributed by atoms with E-state index in [4.69, 9.17) is 0 Å². The average molecular weight is 233 g/mol. The molecule has 17 heavy (non-hydrogen) atoms. The maximum atomic E-state index is 12.2. The van der Waals surface area contributed by atoms with Crippen molar-refractivity contribution in [1.82, 2.24) is 15.2 Å². The SMILES string of the molecule is CC(C)C1CN(C(=O)c2ccncc2)CCN1. The first-order chi connectivity index (χ1) is 8.18. The van der Waals surface area contributed by atoms with Crippen molar-refractivity contribution in [2.75, 3.05) is 19.6 Å². The van der Waals surface area contributed by atoms with Crippen molar-refractivity contribution in [2.24, 2.45) is 5.92 Å². The molecule has 2 heterocycles. The van der Waals surface area contributed by atoms with Gasteiger partial charge in [0, 0.05) is 43.6 Å². The third-order valence-corrected chi connectivity index (χ3v) is 3.22. The first-order valence-corrected chi connectivity index (χ1v) is 6.11. The lowest BCUT2D eigenvalue weighted by atomic mass is 10.0. The highest BCUT2D eigenvalue weighted by molar-refractivity contribution is 5.94. The second-order valence-corrected chi connectivity index (χ2v) is 4.79. The van der Waals surface area contributed by atoms with Gasteiger partial charge in [0.15, 0.2) is 0 Å². The molecule has 4 nitrogen and oxygen atoms in total. The normalized spacial score (nSPS) is 20.6. The molecular formula is C13H19N3O. The highest BCUT2D eigenvalue weighted by Crippen LogP contribution is 2.11. The molecular weight excluding hydrogens is 214 g/mol. The van der Waals surface area contributed by atoms with E-state index in [2.05, 4.69) is 24.1 Å². The van der Waals surface area contributed by atoms with Crippen molar-refractivity contribution in [1.29, 1.82) is 0 Å². The fourth-order valence-electron chi connectivity index (χ4n) is 2.09. The largest absolute Gasteiger partial charge is 0.336 e. The number of carbonyl (C=O) groups excluding carboxylic acids is 1. The Labute approximate surface area is 102 Å². The third kappa shape index (κ3) is 2.82. The number of nitrogens with zero attached hydrogens (tertiary/aromatic N) is 2. The Hall–Kier alpha value is -1.42. The first-order valence-electron chi connectivity index (χ1n) is 6.11. The predicted octanol–water partition coefficient (Wildman–Crippen LogP) is 1.15. The van der Waals surface area contributed by atoms with E-state index >= 15 is 0 Å². The lowest BCUT2D eigenvalue weighted by Gasteiger charge is -2.35. The Kier molecular flexibility index (Phi) is 3.74. The summed E-state index contributed by atoms with van der Waals surface area (Å²) in [6.45, 7) is 6.80. The molecule has 1 aliphatic heterocycles. The minimum Gasteiger partial charge on any atom is -0.336 e. The summed E-state index contributed by atoms with van der Waals surface area (Å²) in [6, 6.07) is 3.94. The maximum Gasteiger partial charge on any atom is 0.254 e. The van der Waals surface area contributed by atoms with Crippen molar-refractivity contribution < 1.29 is 4.79 Å². The summed E-state index contributed by atoms with van der Waals surface area (Å²) in [5, 5.41) is 3.45. The van der Waals surface area contributed by atoms with E-state index in [1.807, 2.05) is 4.90 Å². The van der Waals surface area contributed by atoms with E-state index in [1.54, 1.807) is 24.5 Å². The van der Waals surface area contributed by atoms with Crippen LogP contribution in [0.2, 0.25) is 0 Å². The van der Waals surface area contributed by atoms with Crippen LogP contribution in [0.3, 0.4) is 0 Å². The number of hydrogen-bond donors (Lipinski definition) is 1. The Balaban J connectivity index is 2.05. The van der Waals surface area contributed by atoms with Gasteiger partial charge >= 0.3 is 0 Å². The molecule has 1 aromatic heterocycles. The zero-order valence-electron chi connectivity index (χ0n) is 10.4. The Bertz CT molecular complexity index is 378. The van der Waals surface area contributed by atoms with Crippen molar-refractivity contribution in [3.8, 4) is 0 Å². The second kappa shape index (κ2) is 5.27. The monoisotopic (exact) mass is 233 g/mol. The smallest absolute Gasteiger partial charge is 0.254 e. The minimum atomic E-state index is 0.111. The summed E-state index contributed by atoms with van der Waals surface area (Å²) in [6.07, 6.45) is 3.32. The molecule has 0 bridgehead atoms. The van der Waals surface area contributed by atoms with Gasteiger partial charge < -0.3 is 10.2 Å². The minimum absolute atomic E-state index is 0.111. The number of carbonyl (C=O) groups is 1. The van der Waals surface area contributed by atoms with E-state index in [1.165, 1.54) is 0 Å². The number of piperazine rings is 1. The quantitative estimate of drug-likeness (QED) is 0.833. The van der Waals surface area contributed by atoms with Crippen LogP contribution in [0.1, 0.15) is 24.2 Å². The van der Waals surface area contributed by atoms with E-state index in [9.17, 15) is 4.79 Å². The highest BCUT2D eigenvalue weighted by Gasteiger charge is 2.25. The van der Waals surface area contributed by atoms with Crippen molar-refractivity contribution in [2.45, 2.75) is 19.9 Å². The van der Waals surface area contributed by atoms with Crippen molar-refractivity contribution in [3.05, 3.63) is 30.1 Å². The van der Waals surface area contributed by atoms with Gasteiger partial charge in [-0.15, -0.1) is 0 Å². The molecule has 1 saturated heterocycles. The number of hydrogen-bond acceptors (Lipinski definition) is 3. The molecule has 0 spiro atoms. The van der Waals surface area contributed by atoms with Gasteiger partial charge in [-0.3, -0.25) is 9.78 Å². The van der Waals surface area contributed by atoms with Gasteiger partial charge in [0.1, 0.15) is 0 Å². The molecule has 1 fully saturated rings. The van der Waals surface area contributed by atoms with Gasteiger partial charge in [-0.25, -0.2) is 0 Å². The molecule has 0 aliphatic carbocycles. The summed E-state index contributed by atoms with van der Waals surface area (Å²) >= 11 is 0. The first kappa shape index (κ1) is 12.0. The standard InChI is InChI=1S/C13H19N3O/c1-10(2)12-9-16(8-7-15-12)13(17)11-3-5-14-6-4-11/h3-6,10,12,15H,7-9H2,1-2H3. The number of aromatic nitrogens is 1. The zero-order chi connectivity index (χ0) is 12.3. The van der Waals surface area contributed by atoms with Crippen LogP contribution in [0.4, 0.5) is 0 Å². The number of rotatable bonds is 2. The lowest BCUT2D eigenvalue weighted by Crippen LogP contribution is -2.54. The fraction of sp³-hybridized carbons (Fsp3) is 0.538. The van der Waals surface area contributed by atoms with Crippen LogP contribution in [-0.4, -0.2) is 41.5 Å². The predicted molar refractivity (Wildman–Crippen MR) is 66.8 cm³/mol. The summed E-state index contributed by atoms with van der Waals surface area (Å²) in [7, 11) is 0. The second-order valence-electron chi connectivity index (χ2n) is 4.79. The van der Waals surface area contributed by atoms with Gasteiger partial charge in [0.2, 0.25) is 0 Å². The van der Waals surface area contributed by atoms with E-state index < -0.39 is 0 Å². The lowest BCUT2D eigenvalue weighted by molar-refractivity contribution is 0.0683. The van der Waals surface area contributed by atoms with Gasteiger partial charge in [-0.1, -0.05) is 13.8 Å². The fourth-order valence-corrected chi connectivity index (χ4v) is 2.09. The van der Waals surface area contributed by atoms with Gasteiger partial charge in [-0.05, 0) is 18.1 Å². The highest BCUT2D eigenvalue weighted by atomic mass is 16.2. The molecule has 92 valence electrons. The average Bonchev–Trinajstić information content (AvgIpc) is 2.39. The van der Waals surface area contributed by atoms with E-state index in [-0.39, 0.29) is 5.91 Å². The Morgan fingerprint density at radius 2 is 2.18 bits per heavy atom. The van der Waals surface area contributed by atoms with E-state index in [0.29, 0.717) is 12.0 Å². The maximum absolute atomic E-state index is 12.2. The van der Waals surface area contributed by atoms with Crippen LogP contribution in [0.15, 0.2) is 24.5 Å². The number of nitrogens with one attached hydrogen (secondary N) is 1. The molecule has 1 atom stereocenters. The molecule has 2 rings (SSSR count). The molecule has 1 amide bonds. The van der Waals surface area contributed by atoms with Crippen LogP contribution < -0.4 is 5.32 Å². The summed E-state index contributed by atoms with van der Waals surface area (Å²) in [5.74, 6) is 0.655. The third-order valence-electron chi connectivity index (χ3n) is 3.22. The molecule has 0 radical (unpaired) electrons. The zero-order valence-corrected chi connectivity index (χ0v) is 10.4.